The van der Waals surface area contributed by atoms with E-state index in [1.807, 2.05) is 26.1 Å². The van der Waals surface area contributed by atoms with Gasteiger partial charge in [-0.25, -0.2) is 8.42 Å². The molecule has 0 saturated heterocycles. The molecule has 114 valence electrons. The van der Waals surface area contributed by atoms with Crippen LogP contribution in [0, 0.1) is 6.92 Å². The van der Waals surface area contributed by atoms with Gasteiger partial charge < -0.3 is 5.32 Å². The molecule has 0 aliphatic rings. The first-order valence-corrected chi connectivity index (χ1v) is 8.12. The van der Waals surface area contributed by atoms with Gasteiger partial charge in [-0.2, -0.15) is 5.10 Å². The standard InChI is InChI=1S/C14H20N4O2S/c1-12-4-6-13(7-5-12)17(3)21(19,20)14-10-16-18(11-14)9-8-15-2/h4-7,10-11,15H,8-9H2,1-3H3. The highest BCUT2D eigenvalue weighted by Gasteiger charge is 2.22. The molecule has 0 aliphatic heterocycles. The lowest BCUT2D eigenvalue weighted by atomic mass is 10.2. The molecule has 1 N–H and O–H groups in total. The maximum atomic E-state index is 12.6. The Hall–Kier alpha value is -1.86. The Balaban J connectivity index is 2.24. The molecule has 21 heavy (non-hydrogen) atoms. The number of sulfonamides is 1. The van der Waals surface area contributed by atoms with Gasteiger partial charge in [0.15, 0.2) is 0 Å². The zero-order valence-corrected chi connectivity index (χ0v) is 13.3. The highest BCUT2D eigenvalue weighted by Crippen LogP contribution is 2.21. The van der Waals surface area contributed by atoms with Crippen molar-refractivity contribution >= 4 is 15.7 Å². The molecule has 0 fully saturated rings. The second kappa shape index (κ2) is 6.28. The van der Waals surface area contributed by atoms with E-state index in [2.05, 4.69) is 10.4 Å². The zero-order valence-electron chi connectivity index (χ0n) is 12.4. The molecule has 1 aromatic carbocycles. The van der Waals surface area contributed by atoms with Gasteiger partial charge in [0, 0.05) is 19.8 Å². The van der Waals surface area contributed by atoms with E-state index in [9.17, 15) is 8.42 Å². The Bertz CT molecular complexity index is 692. The average molecular weight is 308 g/mol. The first kappa shape index (κ1) is 15.5. The maximum Gasteiger partial charge on any atom is 0.267 e. The summed E-state index contributed by atoms with van der Waals surface area (Å²) >= 11 is 0. The predicted octanol–water partition coefficient (Wildman–Crippen LogP) is 1.24. The average Bonchev–Trinajstić information content (AvgIpc) is 2.94. The van der Waals surface area contributed by atoms with Crippen molar-refractivity contribution in [2.75, 3.05) is 24.9 Å². The molecular weight excluding hydrogens is 288 g/mol. The topological polar surface area (TPSA) is 67.2 Å². The SMILES string of the molecule is CNCCn1cc(S(=O)(=O)N(C)c2ccc(C)cc2)cn1. The summed E-state index contributed by atoms with van der Waals surface area (Å²) < 4.78 is 28.0. The van der Waals surface area contributed by atoms with E-state index in [1.54, 1.807) is 30.1 Å². The number of likely N-dealkylation sites (N-methyl/N-ethyl adjacent to an activating group) is 1. The summed E-state index contributed by atoms with van der Waals surface area (Å²) in [5, 5.41) is 7.08. The number of benzene rings is 1. The third-order valence-electron chi connectivity index (χ3n) is 3.26. The third-order valence-corrected chi connectivity index (χ3v) is 4.99. The van der Waals surface area contributed by atoms with E-state index >= 15 is 0 Å². The van der Waals surface area contributed by atoms with Crippen LogP contribution in [0.2, 0.25) is 0 Å². The van der Waals surface area contributed by atoms with Crippen molar-refractivity contribution in [2.24, 2.45) is 0 Å². The molecule has 2 rings (SSSR count). The van der Waals surface area contributed by atoms with Gasteiger partial charge in [-0.05, 0) is 26.1 Å². The summed E-state index contributed by atoms with van der Waals surface area (Å²) in [5.74, 6) is 0. The normalized spacial score (nSPS) is 11.6. The molecule has 0 aliphatic carbocycles. The van der Waals surface area contributed by atoms with Crippen LogP contribution in [0.15, 0.2) is 41.6 Å². The Morgan fingerprint density at radius 1 is 1.29 bits per heavy atom. The van der Waals surface area contributed by atoms with Crippen molar-refractivity contribution in [2.45, 2.75) is 18.4 Å². The summed E-state index contributed by atoms with van der Waals surface area (Å²) in [6.07, 6.45) is 2.94. The van der Waals surface area contributed by atoms with Gasteiger partial charge in [0.1, 0.15) is 4.90 Å². The fourth-order valence-corrected chi connectivity index (χ4v) is 3.03. The quantitative estimate of drug-likeness (QED) is 0.872. The molecule has 0 bridgehead atoms. The van der Waals surface area contributed by atoms with Crippen molar-refractivity contribution in [1.82, 2.24) is 15.1 Å². The van der Waals surface area contributed by atoms with Crippen LogP contribution in [0.3, 0.4) is 0 Å². The zero-order chi connectivity index (χ0) is 15.5. The fraction of sp³-hybridized carbons (Fsp3) is 0.357. The molecule has 0 unspecified atom stereocenters. The van der Waals surface area contributed by atoms with Crippen molar-refractivity contribution in [3.63, 3.8) is 0 Å². The van der Waals surface area contributed by atoms with E-state index in [1.165, 1.54) is 10.5 Å². The highest BCUT2D eigenvalue weighted by molar-refractivity contribution is 7.92. The minimum absolute atomic E-state index is 0.196. The number of hydrogen-bond donors (Lipinski definition) is 1. The van der Waals surface area contributed by atoms with Crippen LogP contribution in [0.5, 0.6) is 0 Å². The van der Waals surface area contributed by atoms with Crippen molar-refractivity contribution in [3.05, 3.63) is 42.2 Å². The second-order valence-corrected chi connectivity index (χ2v) is 6.82. The Morgan fingerprint density at radius 3 is 2.57 bits per heavy atom. The Labute approximate surface area is 125 Å². The molecule has 0 spiro atoms. The second-order valence-electron chi connectivity index (χ2n) is 4.85. The van der Waals surface area contributed by atoms with Gasteiger partial charge in [0.2, 0.25) is 0 Å². The fourth-order valence-electron chi connectivity index (χ4n) is 1.88. The molecule has 1 heterocycles. The molecule has 2 aromatic rings. The largest absolute Gasteiger partial charge is 0.318 e. The van der Waals surface area contributed by atoms with E-state index in [4.69, 9.17) is 0 Å². The molecule has 6 nitrogen and oxygen atoms in total. The molecule has 7 heteroatoms. The molecule has 0 amide bonds. The van der Waals surface area contributed by atoms with E-state index in [0.717, 1.165) is 12.1 Å². The number of nitrogens with one attached hydrogen (secondary N) is 1. The van der Waals surface area contributed by atoms with Gasteiger partial charge in [-0.1, -0.05) is 17.7 Å². The number of aromatic nitrogens is 2. The number of nitrogens with zero attached hydrogens (tertiary/aromatic N) is 3. The van der Waals surface area contributed by atoms with E-state index in [0.29, 0.717) is 12.2 Å². The van der Waals surface area contributed by atoms with Crippen LogP contribution < -0.4 is 9.62 Å². The van der Waals surface area contributed by atoms with Crippen molar-refractivity contribution in [1.29, 1.82) is 0 Å². The van der Waals surface area contributed by atoms with Gasteiger partial charge in [-0.3, -0.25) is 8.99 Å². The maximum absolute atomic E-state index is 12.6. The minimum atomic E-state index is -3.58. The lowest BCUT2D eigenvalue weighted by Crippen LogP contribution is -2.26. The number of rotatable bonds is 6. The number of hydrogen-bond acceptors (Lipinski definition) is 4. The minimum Gasteiger partial charge on any atom is -0.318 e. The predicted molar refractivity (Wildman–Crippen MR) is 82.9 cm³/mol. The first-order chi connectivity index (χ1) is 9.95. The van der Waals surface area contributed by atoms with E-state index in [-0.39, 0.29) is 4.90 Å². The van der Waals surface area contributed by atoms with Crippen LogP contribution in [0.4, 0.5) is 5.69 Å². The van der Waals surface area contributed by atoms with Crippen LogP contribution >= 0.6 is 0 Å². The smallest absolute Gasteiger partial charge is 0.267 e. The summed E-state index contributed by atoms with van der Waals surface area (Å²) in [6, 6.07) is 7.35. The molecule has 0 saturated carbocycles. The number of anilines is 1. The van der Waals surface area contributed by atoms with Crippen LogP contribution in [-0.2, 0) is 16.6 Å². The molecular formula is C14H20N4O2S. The van der Waals surface area contributed by atoms with Crippen LogP contribution in [-0.4, -0.2) is 38.8 Å². The summed E-state index contributed by atoms with van der Waals surface area (Å²) in [5.41, 5.74) is 1.72. The molecule has 0 radical (unpaired) electrons. The van der Waals surface area contributed by atoms with Crippen molar-refractivity contribution in [3.8, 4) is 0 Å². The molecule has 0 atom stereocenters. The summed E-state index contributed by atoms with van der Waals surface area (Å²) in [7, 11) is -0.193. The van der Waals surface area contributed by atoms with Gasteiger partial charge in [-0.15, -0.1) is 0 Å². The summed E-state index contributed by atoms with van der Waals surface area (Å²) in [6.45, 7) is 3.32. The highest BCUT2D eigenvalue weighted by atomic mass is 32.2. The van der Waals surface area contributed by atoms with Gasteiger partial charge >= 0.3 is 0 Å². The van der Waals surface area contributed by atoms with Crippen molar-refractivity contribution < 1.29 is 8.42 Å². The Kier molecular flexibility index (Phi) is 4.64. The number of aryl methyl sites for hydroxylation is 1. The lowest BCUT2D eigenvalue weighted by molar-refractivity contribution is 0.581. The van der Waals surface area contributed by atoms with Gasteiger partial charge in [0.05, 0.1) is 18.4 Å². The monoisotopic (exact) mass is 308 g/mol. The summed E-state index contributed by atoms with van der Waals surface area (Å²) in [4.78, 5) is 0.196. The third kappa shape index (κ3) is 3.43. The lowest BCUT2D eigenvalue weighted by Gasteiger charge is -2.18. The first-order valence-electron chi connectivity index (χ1n) is 6.68. The van der Waals surface area contributed by atoms with Crippen LogP contribution in [0.25, 0.3) is 0 Å². The Morgan fingerprint density at radius 2 is 1.95 bits per heavy atom. The van der Waals surface area contributed by atoms with Gasteiger partial charge in [0.25, 0.3) is 10.0 Å². The van der Waals surface area contributed by atoms with E-state index < -0.39 is 10.0 Å². The van der Waals surface area contributed by atoms with Crippen LogP contribution in [0.1, 0.15) is 5.56 Å². The molecule has 1 aromatic heterocycles.